The van der Waals surface area contributed by atoms with Crippen LogP contribution >= 0.6 is 0 Å². The average molecular weight is 584 g/mol. The lowest BCUT2D eigenvalue weighted by atomic mass is 10.2. The van der Waals surface area contributed by atoms with E-state index in [9.17, 15) is 5.21 Å². The zero-order chi connectivity index (χ0) is 30.9. The standard InChI is InChI=1S/C17H20N4O.C16H21N3O2/c1-3-21(4-2)9-10-22-15-11-14(13-18)20-17(12-15)16-7-5-6-8-19-16;1-3-18(4-2)11-12-21-14-8-10-19(20)16(13-14)15-7-5-6-9-17-15/h5-8,11-12H,3-4,9-10H2,1-2H3;5-10,13H,3-4,11-12H2,1-2H3. The van der Waals surface area contributed by atoms with E-state index in [2.05, 4.69) is 58.5 Å². The minimum atomic E-state index is 0.334. The highest BCUT2D eigenvalue weighted by Crippen LogP contribution is 2.21. The van der Waals surface area contributed by atoms with E-state index in [0.717, 1.165) is 49.7 Å². The van der Waals surface area contributed by atoms with Crippen LogP contribution in [-0.4, -0.2) is 77.2 Å². The molecule has 43 heavy (non-hydrogen) atoms. The molecule has 0 aliphatic carbocycles. The summed E-state index contributed by atoms with van der Waals surface area (Å²) in [7, 11) is 0. The fourth-order valence-corrected chi connectivity index (χ4v) is 4.22. The molecule has 0 radical (unpaired) electrons. The summed E-state index contributed by atoms with van der Waals surface area (Å²) in [6.07, 6.45) is 4.83. The van der Waals surface area contributed by atoms with Gasteiger partial charge in [-0.25, -0.2) is 9.97 Å². The predicted octanol–water partition coefficient (Wildman–Crippen LogP) is 4.84. The van der Waals surface area contributed by atoms with Gasteiger partial charge < -0.3 is 24.5 Å². The molecule has 0 saturated carbocycles. The molecular weight excluding hydrogens is 542 g/mol. The maximum atomic E-state index is 11.9. The van der Waals surface area contributed by atoms with E-state index < -0.39 is 0 Å². The number of nitriles is 1. The molecule has 4 aromatic heterocycles. The molecule has 0 aliphatic rings. The highest BCUT2D eigenvalue weighted by atomic mass is 16.5. The Morgan fingerprint density at radius 3 is 1.86 bits per heavy atom. The number of ether oxygens (including phenoxy) is 2. The third-order valence-corrected chi connectivity index (χ3v) is 6.80. The highest BCUT2D eigenvalue weighted by molar-refractivity contribution is 5.57. The van der Waals surface area contributed by atoms with Crippen LogP contribution in [0.5, 0.6) is 11.5 Å². The van der Waals surface area contributed by atoms with Crippen molar-refractivity contribution in [3.8, 4) is 40.3 Å². The Bertz CT molecular complexity index is 1410. The van der Waals surface area contributed by atoms with Gasteiger partial charge in [0.1, 0.15) is 42.2 Å². The van der Waals surface area contributed by atoms with E-state index in [1.807, 2.05) is 42.5 Å². The fraction of sp³-hybridized carbons (Fsp3) is 0.364. The van der Waals surface area contributed by atoms with Gasteiger partial charge in [0.15, 0.2) is 6.20 Å². The normalized spacial score (nSPS) is 10.6. The van der Waals surface area contributed by atoms with Crippen LogP contribution < -0.4 is 14.2 Å². The first-order chi connectivity index (χ1) is 21.0. The summed E-state index contributed by atoms with van der Waals surface area (Å²) < 4.78 is 12.3. The van der Waals surface area contributed by atoms with E-state index in [4.69, 9.17) is 14.7 Å². The van der Waals surface area contributed by atoms with Crippen molar-refractivity contribution in [2.75, 3.05) is 52.5 Å². The van der Waals surface area contributed by atoms with E-state index >= 15 is 0 Å². The molecule has 0 N–H and O–H groups in total. The molecule has 4 rings (SSSR count). The van der Waals surface area contributed by atoms with Crippen molar-refractivity contribution in [2.24, 2.45) is 0 Å². The highest BCUT2D eigenvalue weighted by Gasteiger charge is 2.12. The van der Waals surface area contributed by atoms with Crippen molar-refractivity contribution >= 4 is 0 Å². The van der Waals surface area contributed by atoms with Gasteiger partial charge in [-0.1, -0.05) is 39.8 Å². The SMILES string of the molecule is CCN(CC)CCOc1cc(C#N)nc(-c2ccccn2)c1.CCN(CC)CCOc1cc[n+]([O-])c(-c2ccccn2)c1. The van der Waals surface area contributed by atoms with E-state index in [0.29, 0.717) is 47.5 Å². The predicted molar refractivity (Wildman–Crippen MR) is 167 cm³/mol. The van der Waals surface area contributed by atoms with Gasteiger partial charge >= 0.3 is 0 Å². The quantitative estimate of drug-likeness (QED) is 0.152. The maximum absolute atomic E-state index is 11.9. The van der Waals surface area contributed by atoms with Crippen LogP contribution in [0.25, 0.3) is 22.8 Å². The second-order valence-corrected chi connectivity index (χ2v) is 9.44. The zero-order valence-electron chi connectivity index (χ0n) is 25.5. The number of hydrogen-bond acceptors (Lipinski definition) is 9. The molecule has 0 fully saturated rings. The molecule has 226 valence electrons. The fourth-order valence-electron chi connectivity index (χ4n) is 4.22. The lowest BCUT2D eigenvalue weighted by Gasteiger charge is -2.18. The monoisotopic (exact) mass is 583 g/mol. The lowest BCUT2D eigenvalue weighted by Crippen LogP contribution is -2.29. The summed E-state index contributed by atoms with van der Waals surface area (Å²) in [5.41, 5.74) is 2.85. The van der Waals surface area contributed by atoms with Crippen molar-refractivity contribution in [1.29, 1.82) is 5.26 Å². The van der Waals surface area contributed by atoms with Gasteiger partial charge in [0.2, 0.25) is 5.69 Å². The minimum Gasteiger partial charge on any atom is -0.618 e. The summed E-state index contributed by atoms with van der Waals surface area (Å²) >= 11 is 0. The summed E-state index contributed by atoms with van der Waals surface area (Å²) in [5.74, 6) is 1.34. The van der Waals surface area contributed by atoms with Crippen molar-refractivity contribution in [1.82, 2.24) is 24.8 Å². The van der Waals surface area contributed by atoms with Gasteiger partial charge in [0.05, 0.1) is 17.5 Å². The van der Waals surface area contributed by atoms with Crippen molar-refractivity contribution < 1.29 is 14.2 Å². The first-order valence-corrected chi connectivity index (χ1v) is 14.7. The van der Waals surface area contributed by atoms with Crippen LogP contribution in [-0.2, 0) is 0 Å². The molecule has 10 heteroatoms. The van der Waals surface area contributed by atoms with Gasteiger partial charge in [-0.2, -0.15) is 9.99 Å². The van der Waals surface area contributed by atoms with Crippen LogP contribution in [0.2, 0.25) is 0 Å². The van der Waals surface area contributed by atoms with Gasteiger partial charge in [0, 0.05) is 43.7 Å². The molecule has 4 heterocycles. The first kappa shape index (κ1) is 32.9. The lowest BCUT2D eigenvalue weighted by molar-refractivity contribution is -0.593. The molecule has 10 nitrogen and oxygen atoms in total. The Labute approximate surface area is 254 Å². The Hall–Kier alpha value is -4.59. The number of hydrogen-bond donors (Lipinski definition) is 0. The summed E-state index contributed by atoms with van der Waals surface area (Å²) in [6.45, 7) is 15.4. The number of likely N-dealkylation sites (N-methyl/N-ethyl adjacent to an activating group) is 2. The van der Waals surface area contributed by atoms with E-state index in [-0.39, 0.29) is 0 Å². The average Bonchev–Trinajstić information content (AvgIpc) is 3.07. The first-order valence-electron chi connectivity index (χ1n) is 14.7. The Balaban J connectivity index is 0.000000236. The largest absolute Gasteiger partial charge is 0.618 e. The van der Waals surface area contributed by atoms with Crippen LogP contribution in [0.1, 0.15) is 33.4 Å². The Morgan fingerprint density at radius 2 is 1.33 bits per heavy atom. The zero-order valence-corrected chi connectivity index (χ0v) is 25.5. The van der Waals surface area contributed by atoms with Crippen LogP contribution in [0, 0.1) is 16.5 Å². The van der Waals surface area contributed by atoms with Gasteiger partial charge in [-0.3, -0.25) is 4.98 Å². The molecule has 0 saturated heterocycles. The topological polar surface area (TPSA) is 114 Å². The van der Waals surface area contributed by atoms with Crippen molar-refractivity contribution in [3.05, 3.63) is 90.2 Å². The molecule has 0 bridgehead atoms. The molecule has 0 spiro atoms. The Kier molecular flexibility index (Phi) is 13.8. The second kappa shape index (κ2) is 18.1. The van der Waals surface area contributed by atoms with Crippen LogP contribution in [0.3, 0.4) is 0 Å². The molecular formula is C33H41N7O3. The second-order valence-electron chi connectivity index (χ2n) is 9.44. The van der Waals surface area contributed by atoms with Crippen molar-refractivity contribution in [3.63, 3.8) is 0 Å². The molecule has 0 amide bonds. The molecule has 0 aromatic carbocycles. The summed E-state index contributed by atoms with van der Waals surface area (Å²) in [5, 5.41) is 21.0. The maximum Gasteiger partial charge on any atom is 0.246 e. The minimum absolute atomic E-state index is 0.334. The van der Waals surface area contributed by atoms with Gasteiger partial charge in [-0.15, -0.1) is 0 Å². The Morgan fingerprint density at radius 1 is 0.744 bits per heavy atom. The molecule has 0 unspecified atom stereocenters. The van der Waals surface area contributed by atoms with Crippen LogP contribution in [0.15, 0.2) is 79.3 Å². The van der Waals surface area contributed by atoms with Crippen LogP contribution in [0.4, 0.5) is 0 Å². The number of rotatable bonds is 14. The van der Waals surface area contributed by atoms with Gasteiger partial charge in [0.25, 0.3) is 0 Å². The third kappa shape index (κ3) is 10.6. The van der Waals surface area contributed by atoms with Crippen molar-refractivity contribution in [2.45, 2.75) is 27.7 Å². The molecule has 0 atom stereocenters. The summed E-state index contributed by atoms with van der Waals surface area (Å²) in [6, 6.07) is 20.1. The third-order valence-electron chi connectivity index (χ3n) is 6.80. The summed E-state index contributed by atoms with van der Waals surface area (Å²) in [4.78, 5) is 17.3. The number of pyridine rings is 4. The van der Waals surface area contributed by atoms with Gasteiger partial charge in [-0.05, 0) is 50.4 Å². The smallest absolute Gasteiger partial charge is 0.246 e. The number of nitrogens with zero attached hydrogens (tertiary/aromatic N) is 7. The molecule has 0 aliphatic heterocycles. The van der Waals surface area contributed by atoms with E-state index in [1.165, 1.54) is 6.20 Å². The van der Waals surface area contributed by atoms with E-state index in [1.54, 1.807) is 30.6 Å². The molecule has 4 aromatic rings. The number of aromatic nitrogens is 4.